The molecule has 136 valence electrons. The van der Waals surface area contributed by atoms with E-state index in [4.69, 9.17) is 0 Å². The highest BCUT2D eigenvalue weighted by Crippen LogP contribution is 2.19. The fourth-order valence-electron chi connectivity index (χ4n) is 2.79. The molecule has 1 N–H and O–H groups in total. The van der Waals surface area contributed by atoms with Crippen LogP contribution >= 0.6 is 0 Å². The molecule has 1 aromatic heterocycles. The predicted molar refractivity (Wildman–Crippen MR) is 101 cm³/mol. The summed E-state index contributed by atoms with van der Waals surface area (Å²) in [6, 6.07) is 10.6. The van der Waals surface area contributed by atoms with E-state index >= 15 is 0 Å². The standard InChI is InChI=1S/C19H21N3O3S/c1-22(2)12-14-6-7-18(20-11-14)15-4-3-5-16(10-15)19(23)21-17-8-9-26(24,25)13-17/h3-11,17H,12-13H2,1-2H3,(H,21,23)/t17-/m0/s1. The fraction of sp³-hybridized carbons (Fsp3) is 0.263. The summed E-state index contributed by atoms with van der Waals surface area (Å²) in [5.41, 5.74) is 3.20. The van der Waals surface area contributed by atoms with Gasteiger partial charge in [0.1, 0.15) is 0 Å². The Hall–Kier alpha value is -2.51. The van der Waals surface area contributed by atoms with Crippen molar-refractivity contribution in [1.29, 1.82) is 0 Å². The van der Waals surface area contributed by atoms with E-state index in [0.29, 0.717) is 5.56 Å². The molecule has 0 saturated carbocycles. The van der Waals surface area contributed by atoms with Crippen LogP contribution in [-0.2, 0) is 16.4 Å². The molecule has 2 heterocycles. The highest BCUT2D eigenvalue weighted by Gasteiger charge is 2.23. The minimum Gasteiger partial charge on any atom is -0.345 e. The molecular formula is C19H21N3O3S. The van der Waals surface area contributed by atoms with Crippen molar-refractivity contribution in [2.45, 2.75) is 12.6 Å². The largest absolute Gasteiger partial charge is 0.345 e. The van der Waals surface area contributed by atoms with E-state index in [1.165, 1.54) is 6.08 Å². The van der Waals surface area contributed by atoms with Crippen molar-refractivity contribution >= 4 is 15.7 Å². The third-order valence-corrected chi connectivity index (χ3v) is 5.39. The molecule has 0 bridgehead atoms. The van der Waals surface area contributed by atoms with Crippen LogP contribution in [0.15, 0.2) is 54.1 Å². The van der Waals surface area contributed by atoms with Crippen LogP contribution < -0.4 is 5.32 Å². The topological polar surface area (TPSA) is 79.4 Å². The molecule has 2 aromatic rings. The van der Waals surface area contributed by atoms with Gasteiger partial charge in [-0.2, -0.15) is 0 Å². The molecule has 26 heavy (non-hydrogen) atoms. The second-order valence-corrected chi connectivity index (χ2v) is 8.54. The number of hydrogen-bond donors (Lipinski definition) is 1. The van der Waals surface area contributed by atoms with Crippen molar-refractivity contribution < 1.29 is 13.2 Å². The summed E-state index contributed by atoms with van der Waals surface area (Å²) in [7, 11) is 0.806. The smallest absolute Gasteiger partial charge is 0.251 e. The fourth-order valence-corrected chi connectivity index (χ4v) is 4.03. The van der Waals surface area contributed by atoms with Crippen molar-refractivity contribution in [3.8, 4) is 11.3 Å². The van der Waals surface area contributed by atoms with Gasteiger partial charge in [0.15, 0.2) is 9.84 Å². The molecule has 6 nitrogen and oxygen atoms in total. The van der Waals surface area contributed by atoms with Crippen LogP contribution in [0, 0.1) is 0 Å². The van der Waals surface area contributed by atoms with Crippen LogP contribution in [0.25, 0.3) is 11.3 Å². The molecule has 3 rings (SSSR count). The van der Waals surface area contributed by atoms with Crippen molar-refractivity contribution in [1.82, 2.24) is 15.2 Å². The number of benzene rings is 1. The molecule has 0 aliphatic carbocycles. The van der Waals surface area contributed by atoms with Gasteiger partial charge in [0.25, 0.3) is 5.91 Å². The zero-order chi connectivity index (χ0) is 18.7. The lowest BCUT2D eigenvalue weighted by molar-refractivity contribution is 0.0947. The van der Waals surface area contributed by atoms with Crippen LogP contribution in [0.2, 0.25) is 0 Å². The minimum atomic E-state index is -3.20. The van der Waals surface area contributed by atoms with E-state index in [-0.39, 0.29) is 11.7 Å². The Morgan fingerprint density at radius 3 is 2.69 bits per heavy atom. The lowest BCUT2D eigenvalue weighted by Gasteiger charge is -2.11. The molecular weight excluding hydrogens is 350 g/mol. The highest BCUT2D eigenvalue weighted by atomic mass is 32.2. The Morgan fingerprint density at radius 1 is 1.27 bits per heavy atom. The molecule has 7 heteroatoms. The molecule has 0 unspecified atom stereocenters. The van der Waals surface area contributed by atoms with Crippen molar-refractivity contribution in [2.75, 3.05) is 19.8 Å². The first-order valence-corrected chi connectivity index (χ1v) is 9.96. The maximum Gasteiger partial charge on any atom is 0.251 e. The normalized spacial score (nSPS) is 18.2. The third-order valence-electron chi connectivity index (χ3n) is 3.99. The first-order valence-electron chi connectivity index (χ1n) is 8.24. The number of hydrogen-bond acceptors (Lipinski definition) is 5. The van der Waals surface area contributed by atoms with Gasteiger partial charge >= 0.3 is 0 Å². The van der Waals surface area contributed by atoms with Crippen LogP contribution in [0.1, 0.15) is 15.9 Å². The SMILES string of the molecule is CN(C)Cc1ccc(-c2cccc(C(=O)N[C@H]3C=CS(=O)(=O)C3)c2)nc1. The lowest BCUT2D eigenvalue weighted by atomic mass is 10.1. The Morgan fingerprint density at radius 2 is 2.08 bits per heavy atom. The summed E-state index contributed by atoms with van der Waals surface area (Å²) < 4.78 is 22.9. The van der Waals surface area contributed by atoms with E-state index in [2.05, 4.69) is 15.2 Å². The summed E-state index contributed by atoms with van der Waals surface area (Å²) in [6.07, 6.45) is 3.33. The Balaban J connectivity index is 1.73. The molecule has 1 aliphatic heterocycles. The summed E-state index contributed by atoms with van der Waals surface area (Å²) in [4.78, 5) is 18.9. The zero-order valence-electron chi connectivity index (χ0n) is 14.7. The summed E-state index contributed by atoms with van der Waals surface area (Å²) in [5.74, 6) is -0.393. The van der Waals surface area contributed by atoms with Gasteiger partial charge in [-0.25, -0.2) is 8.42 Å². The van der Waals surface area contributed by atoms with Gasteiger partial charge in [0.2, 0.25) is 0 Å². The minimum absolute atomic E-state index is 0.0900. The average Bonchev–Trinajstić information content (AvgIpc) is 2.93. The number of nitrogens with zero attached hydrogens (tertiary/aromatic N) is 2. The van der Waals surface area contributed by atoms with Gasteiger partial charge < -0.3 is 10.2 Å². The molecule has 0 radical (unpaired) electrons. The molecule has 1 amide bonds. The van der Waals surface area contributed by atoms with E-state index < -0.39 is 15.9 Å². The Labute approximate surface area is 153 Å². The first kappa shape index (κ1) is 18.3. The predicted octanol–water partition coefficient (Wildman–Crippen LogP) is 1.85. The van der Waals surface area contributed by atoms with Crippen molar-refractivity contribution in [3.63, 3.8) is 0 Å². The van der Waals surface area contributed by atoms with E-state index in [0.717, 1.165) is 28.8 Å². The van der Waals surface area contributed by atoms with Crippen LogP contribution in [0.4, 0.5) is 0 Å². The highest BCUT2D eigenvalue weighted by molar-refractivity contribution is 7.94. The summed E-state index contributed by atoms with van der Waals surface area (Å²) in [6.45, 7) is 0.813. The number of rotatable bonds is 5. The second kappa shape index (κ2) is 7.39. The molecule has 0 fully saturated rings. The molecule has 1 aromatic carbocycles. The first-order chi connectivity index (χ1) is 12.3. The lowest BCUT2D eigenvalue weighted by Crippen LogP contribution is -2.35. The number of sulfone groups is 1. The van der Waals surface area contributed by atoms with E-state index in [1.54, 1.807) is 18.2 Å². The van der Waals surface area contributed by atoms with Gasteiger partial charge in [-0.3, -0.25) is 9.78 Å². The number of pyridine rings is 1. The van der Waals surface area contributed by atoms with Gasteiger partial charge in [-0.1, -0.05) is 18.2 Å². The van der Waals surface area contributed by atoms with Crippen molar-refractivity contribution in [2.24, 2.45) is 0 Å². The molecule has 1 aliphatic rings. The third kappa shape index (κ3) is 4.56. The number of nitrogens with one attached hydrogen (secondary N) is 1. The van der Waals surface area contributed by atoms with Crippen molar-refractivity contribution in [3.05, 3.63) is 65.2 Å². The van der Waals surface area contributed by atoms with Crippen LogP contribution in [0.5, 0.6) is 0 Å². The summed E-state index contributed by atoms with van der Waals surface area (Å²) >= 11 is 0. The summed E-state index contributed by atoms with van der Waals surface area (Å²) in [5, 5.41) is 3.88. The maximum atomic E-state index is 12.4. The maximum absolute atomic E-state index is 12.4. The van der Waals surface area contributed by atoms with E-state index in [1.807, 2.05) is 38.5 Å². The van der Waals surface area contributed by atoms with Gasteiger partial charge in [-0.15, -0.1) is 0 Å². The quantitative estimate of drug-likeness (QED) is 0.868. The van der Waals surface area contributed by atoms with Gasteiger partial charge in [0, 0.05) is 29.3 Å². The number of carbonyl (C=O) groups excluding carboxylic acids is 1. The zero-order valence-corrected chi connectivity index (χ0v) is 15.5. The molecule has 0 spiro atoms. The average molecular weight is 371 g/mol. The Kier molecular flexibility index (Phi) is 5.20. The number of carbonyl (C=O) groups is 1. The number of amides is 1. The van der Waals surface area contributed by atoms with E-state index in [9.17, 15) is 13.2 Å². The van der Waals surface area contributed by atoms with Gasteiger partial charge in [-0.05, 0) is 43.9 Å². The second-order valence-electron chi connectivity index (χ2n) is 6.61. The number of aromatic nitrogens is 1. The van der Waals surface area contributed by atoms with Gasteiger partial charge in [0.05, 0.1) is 17.5 Å². The Bertz CT molecular complexity index is 935. The van der Waals surface area contributed by atoms with Crippen LogP contribution in [-0.4, -0.2) is 50.1 Å². The molecule has 0 saturated heterocycles. The van der Waals surface area contributed by atoms with Crippen LogP contribution in [0.3, 0.4) is 0 Å². The monoisotopic (exact) mass is 371 g/mol. The molecule has 1 atom stereocenters.